The zero-order valence-corrected chi connectivity index (χ0v) is 13.5. The molecular weight excluding hydrogens is 288 g/mol. The Morgan fingerprint density at radius 1 is 1.48 bits per heavy atom. The summed E-state index contributed by atoms with van der Waals surface area (Å²) in [5.41, 5.74) is 0.799. The van der Waals surface area contributed by atoms with E-state index in [0.717, 1.165) is 12.2 Å². The third kappa shape index (κ3) is 4.52. The molecule has 1 aromatic carbocycles. The molecule has 0 aliphatic carbocycles. The van der Waals surface area contributed by atoms with E-state index in [4.69, 9.17) is 4.74 Å². The van der Waals surface area contributed by atoms with Gasteiger partial charge in [0.05, 0.1) is 17.1 Å². The van der Waals surface area contributed by atoms with Gasteiger partial charge in [0.1, 0.15) is 5.75 Å². The lowest BCUT2D eigenvalue weighted by Crippen LogP contribution is -2.27. The van der Waals surface area contributed by atoms with Crippen molar-refractivity contribution in [3.63, 3.8) is 0 Å². The molecule has 0 radical (unpaired) electrons. The van der Waals surface area contributed by atoms with Crippen LogP contribution in [0, 0.1) is 10.1 Å². The Morgan fingerprint density at radius 2 is 2.24 bits per heavy atom. The quantitative estimate of drug-likeness (QED) is 0.633. The van der Waals surface area contributed by atoms with E-state index < -0.39 is 0 Å². The maximum atomic E-state index is 11.0. The Kier molecular flexibility index (Phi) is 4.98. The van der Waals surface area contributed by atoms with Crippen molar-refractivity contribution in [2.45, 2.75) is 44.5 Å². The zero-order chi connectivity index (χ0) is 15.5. The summed E-state index contributed by atoms with van der Waals surface area (Å²) in [6.07, 6.45) is 2.40. The van der Waals surface area contributed by atoms with Crippen molar-refractivity contribution in [2.75, 3.05) is 17.6 Å². The predicted molar refractivity (Wildman–Crippen MR) is 87.4 cm³/mol. The molecule has 0 aromatic heterocycles. The maximum absolute atomic E-state index is 11.0. The predicted octanol–water partition coefficient (Wildman–Crippen LogP) is 4.08. The average Bonchev–Trinajstić information content (AvgIpc) is 2.83. The summed E-state index contributed by atoms with van der Waals surface area (Å²) in [5, 5.41) is 14.4. The molecular formula is C15H22N2O3S. The van der Waals surface area contributed by atoms with Crippen molar-refractivity contribution in [1.29, 1.82) is 0 Å². The van der Waals surface area contributed by atoms with Crippen LogP contribution in [0.5, 0.6) is 5.75 Å². The topological polar surface area (TPSA) is 64.4 Å². The molecule has 1 heterocycles. The van der Waals surface area contributed by atoms with Crippen molar-refractivity contribution in [3.8, 4) is 5.75 Å². The van der Waals surface area contributed by atoms with E-state index >= 15 is 0 Å². The Morgan fingerprint density at radius 3 is 2.81 bits per heavy atom. The third-order valence-electron chi connectivity index (χ3n) is 3.44. The first-order chi connectivity index (χ1) is 9.88. The Bertz CT molecular complexity index is 514. The molecule has 6 heteroatoms. The van der Waals surface area contributed by atoms with Gasteiger partial charge in [0.2, 0.25) is 0 Å². The SMILES string of the molecule is CC(C)Oc1cc(NCC2(C)CCCS2)cc([N+](=O)[O-])c1. The lowest BCUT2D eigenvalue weighted by molar-refractivity contribution is -0.384. The molecule has 116 valence electrons. The summed E-state index contributed by atoms with van der Waals surface area (Å²) >= 11 is 1.96. The van der Waals surface area contributed by atoms with Crippen molar-refractivity contribution in [3.05, 3.63) is 28.3 Å². The molecule has 1 atom stereocenters. The van der Waals surface area contributed by atoms with Crippen LogP contribution in [0.4, 0.5) is 11.4 Å². The fourth-order valence-electron chi connectivity index (χ4n) is 2.40. The Balaban J connectivity index is 2.13. The second-order valence-corrected chi connectivity index (χ2v) is 7.58. The summed E-state index contributed by atoms with van der Waals surface area (Å²) in [6, 6.07) is 4.86. The molecule has 1 N–H and O–H groups in total. The monoisotopic (exact) mass is 310 g/mol. The van der Waals surface area contributed by atoms with E-state index in [-0.39, 0.29) is 21.5 Å². The number of rotatable bonds is 6. The largest absolute Gasteiger partial charge is 0.491 e. The number of ether oxygens (including phenoxy) is 1. The minimum absolute atomic E-state index is 0.0113. The number of hydrogen-bond donors (Lipinski definition) is 1. The van der Waals surface area contributed by atoms with Crippen LogP contribution in [0.25, 0.3) is 0 Å². The van der Waals surface area contributed by atoms with Crippen LogP contribution >= 0.6 is 11.8 Å². The van der Waals surface area contributed by atoms with Crippen molar-refractivity contribution >= 4 is 23.1 Å². The molecule has 1 saturated heterocycles. The molecule has 1 aromatic rings. The molecule has 0 amide bonds. The van der Waals surface area contributed by atoms with Gasteiger partial charge in [-0.25, -0.2) is 0 Å². The van der Waals surface area contributed by atoms with E-state index in [1.54, 1.807) is 6.07 Å². The van der Waals surface area contributed by atoms with Crippen LogP contribution in [0.3, 0.4) is 0 Å². The summed E-state index contributed by atoms with van der Waals surface area (Å²) in [6.45, 7) is 6.85. The first kappa shape index (κ1) is 15.9. The summed E-state index contributed by atoms with van der Waals surface area (Å²) in [7, 11) is 0. The number of thioether (sulfide) groups is 1. The highest BCUT2D eigenvalue weighted by Gasteiger charge is 2.29. The third-order valence-corrected chi connectivity index (χ3v) is 4.98. The minimum atomic E-state index is -0.385. The van der Waals surface area contributed by atoms with E-state index in [1.807, 2.05) is 31.7 Å². The molecule has 1 aliphatic rings. The van der Waals surface area contributed by atoms with Gasteiger partial charge in [-0.2, -0.15) is 11.8 Å². The van der Waals surface area contributed by atoms with Gasteiger partial charge in [0, 0.05) is 29.1 Å². The van der Waals surface area contributed by atoms with Crippen LogP contribution in [0.15, 0.2) is 18.2 Å². The van der Waals surface area contributed by atoms with E-state index in [9.17, 15) is 10.1 Å². The van der Waals surface area contributed by atoms with E-state index in [0.29, 0.717) is 5.75 Å². The number of nitro benzene ring substituents is 1. The van der Waals surface area contributed by atoms with Crippen LogP contribution < -0.4 is 10.1 Å². The van der Waals surface area contributed by atoms with Crippen LogP contribution in [-0.4, -0.2) is 28.1 Å². The Hall–Kier alpha value is -1.43. The zero-order valence-electron chi connectivity index (χ0n) is 12.7. The van der Waals surface area contributed by atoms with Gasteiger partial charge < -0.3 is 10.1 Å². The highest BCUT2D eigenvalue weighted by atomic mass is 32.2. The summed E-state index contributed by atoms with van der Waals surface area (Å²) < 4.78 is 5.80. The fraction of sp³-hybridized carbons (Fsp3) is 0.600. The minimum Gasteiger partial charge on any atom is -0.491 e. The molecule has 2 rings (SSSR count). The van der Waals surface area contributed by atoms with Crippen molar-refractivity contribution < 1.29 is 9.66 Å². The second kappa shape index (κ2) is 6.56. The van der Waals surface area contributed by atoms with Gasteiger partial charge in [-0.15, -0.1) is 0 Å². The fourth-order valence-corrected chi connectivity index (χ4v) is 3.64. The molecule has 1 aliphatic heterocycles. The molecule has 0 spiro atoms. The first-order valence-electron chi connectivity index (χ1n) is 7.22. The van der Waals surface area contributed by atoms with Crippen LogP contribution in [0.1, 0.15) is 33.6 Å². The Labute approximate surface area is 129 Å². The lowest BCUT2D eigenvalue weighted by Gasteiger charge is -2.23. The highest BCUT2D eigenvalue weighted by Crippen LogP contribution is 2.38. The average molecular weight is 310 g/mol. The lowest BCUT2D eigenvalue weighted by atomic mass is 10.1. The van der Waals surface area contributed by atoms with Gasteiger partial charge >= 0.3 is 0 Å². The van der Waals surface area contributed by atoms with Crippen molar-refractivity contribution in [2.24, 2.45) is 0 Å². The number of non-ortho nitro benzene ring substituents is 1. The molecule has 21 heavy (non-hydrogen) atoms. The highest BCUT2D eigenvalue weighted by molar-refractivity contribution is 8.00. The van der Waals surface area contributed by atoms with E-state index in [1.165, 1.54) is 24.7 Å². The number of nitrogens with zero attached hydrogens (tertiary/aromatic N) is 1. The number of anilines is 1. The van der Waals surface area contributed by atoms with Gasteiger partial charge in [-0.05, 0) is 39.4 Å². The molecule has 0 bridgehead atoms. The van der Waals surface area contributed by atoms with Crippen molar-refractivity contribution in [1.82, 2.24) is 0 Å². The smallest absolute Gasteiger partial charge is 0.275 e. The molecule has 1 fully saturated rings. The number of nitrogens with one attached hydrogen (secondary N) is 1. The number of hydrogen-bond acceptors (Lipinski definition) is 5. The standard InChI is InChI=1S/C15H22N2O3S/c1-11(2)20-14-8-12(7-13(9-14)17(18)19)16-10-15(3)5-4-6-21-15/h7-9,11,16H,4-6,10H2,1-3H3. The van der Waals surface area contributed by atoms with Crippen LogP contribution in [-0.2, 0) is 0 Å². The van der Waals surface area contributed by atoms with Gasteiger partial charge in [-0.1, -0.05) is 0 Å². The molecule has 1 unspecified atom stereocenters. The maximum Gasteiger partial charge on any atom is 0.275 e. The summed E-state index contributed by atoms with van der Waals surface area (Å²) in [5.74, 6) is 1.72. The van der Waals surface area contributed by atoms with Gasteiger partial charge in [0.15, 0.2) is 0 Å². The second-order valence-electron chi connectivity index (χ2n) is 5.89. The molecule has 5 nitrogen and oxygen atoms in total. The number of nitro groups is 1. The van der Waals surface area contributed by atoms with E-state index in [2.05, 4.69) is 12.2 Å². The first-order valence-corrected chi connectivity index (χ1v) is 8.20. The van der Waals surface area contributed by atoms with Gasteiger partial charge in [0.25, 0.3) is 5.69 Å². The summed E-state index contributed by atoms with van der Waals surface area (Å²) in [4.78, 5) is 10.6. The molecule has 0 saturated carbocycles. The normalized spacial score (nSPS) is 21.5. The van der Waals surface area contributed by atoms with Crippen LogP contribution in [0.2, 0.25) is 0 Å². The number of benzene rings is 1. The van der Waals surface area contributed by atoms with Gasteiger partial charge in [-0.3, -0.25) is 10.1 Å².